The molecule has 1 aromatic rings. The molecule has 0 bridgehead atoms. The summed E-state index contributed by atoms with van der Waals surface area (Å²) in [6.45, 7) is 8.55. The zero-order valence-corrected chi connectivity index (χ0v) is 14.3. The van der Waals surface area contributed by atoms with E-state index in [4.69, 9.17) is 9.47 Å². The van der Waals surface area contributed by atoms with Gasteiger partial charge in [-0.25, -0.2) is 4.79 Å². The van der Waals surface area contributed by atoms with Crippen LogP contribution in [0.25, 0.3) is 0 Å². The van der Waals surface area contributed by atoms with Gasteiger partial charge in [0.15, 0.2) is 0 Å². The second kappa shape index (κ2) is 6.59. The number of carbonyl (C=O) groups is 1. The molecule has 1 aliphatic heterocycles. The van der Waals surface area contributed by atoms with Crippen molar-refractivity contribution in [3.63, 3.8) is 0 Å². The number of carbonyl (C=O) groups excluding carboxylic acids is 1. The molecule has 1 aromatic carbocycles. The maximum Gasteiger partial charge on any atom is 0.410 e. The molecule has 1 fully saturated rings. The van der Waals surface area contributed by atoms with Crippen molar-refractivity contribution in [3.05, 3.63) is 29.8 Å². The highest BCUT2D eigenvalue weighted by atomic mass is 16.6. The molecule has 22 heavy (non-hydrogen) atoms. The van der Waals surface area contributed by atoms with E-state index < -0.39 is 5.60 Å². The molecule has 1 saturated heterocycles. The van der Waals surface area contributed by atoms with E-state index in [2.05, 4.69) is 19.1 Å². The maximum atomic E-state index is 12.2. The predicted octanol–water partition coefficient (Wildman–Crippen LogP) is 4.20. The van der Waals surface area contributed by atoms with Crippen LogP contribution in [0.5, 0.6) is 5.75 Å². The van der Waals surface area contributed by atoms with Gasteiger partial charge in [0.05, 0.1) is 7.11 Å². The summed E-state index contributed by atoms with van der Waals surface area (Å²) in [6, 6.07) is 8.44. The summed E-state index contributed by atoms with van der Waals surface area (Å²) in [5.74, 6) is 1.36. The van der Waals surface area contributed by atoms with E-state index in [1.54, 1.807) is 7.11 Å². The van der Waals surface area contributed by atoms with E-state index in [-0.39, 0.29) is 12.1 Å². The zero-order valence-electron chi connectivity index (χ0n) is 14.3. The van der Waals surface area contributed by atoms with Gasteiger partial charge in [-0.2, -0.15) is 0 Å². The van der Waals surface area contributed by atoms with Gasteiger partial charge in [0.25, 0.3) is 0 Å². The van der Waals surface area contributed by atoms with E-state index in [1.165, 1.54) is 5.56 Å². The molecule has 1 aliphatic rings. The molecule has 4 heteroatoms. The first-order valence-electron chi connectivity index (χ1n) is 7.93. The summed E-state index contributed by atoms with van der Waals surface area (Å²) in [6.07, 6.45) is 1.73. The number of benzene rings is 1. The molecular weight excluding hydrogens is 278 g/mol. The van der Waals surface area contributed by atoms with Gasteiger partial charge in [0.1, 0.15) is 11.4 Å². The van der Waals surface area contributed by atoms with E-state index in [9.17, 15) is 4.79 Å². The summed E-state index contributed by atoms with van der Waals surface area (Å²) < 4.78 is 10.7. The Balaban J connectivity index is 1.98. The Morgan fingerprint density at radius 2 is 1.86 bits per heavy atom. The molecule has 0 aliphatic carbocycles. The van der Waals surface area contributed by atoms with Crippen LogP contribution >= 0.6 is 0 Å². The van der Waals surface area contributed by atoms with E-state index in [0.717, 1.165) is 25.1 Å². The Labute approximate surface area is 133 Å². The van der Waals surface area contributed by atoms with Gasteiger partial charge in [0.2, 0.25) is 0 Å². The lowest BCUT2D eigenvalue weighted by molar-refractivity contribution is 0.0103. The number of nitrogens with zero attached hydrogens (tertiary/aromatic N) is 1. The second-order valence-electron chi connectivity index (χ2n) is 7.02. The monoisotopic (exact) mass is 305 g/mol. The van der Waals surface area contributed by atoms with Crippen LogP contribution in [0.3, 0.4) is 0 Å². The van der Waals surface area contributed by atoms with Gasteiger partial charge in [-0.3, -0.25) is 0 Å². The molecule has 0 N–H and O–H groups in total. The third-order valence-corrected chi connectivity index (χ3v) is 4.09. The van der Waals surface area contributed by atoms with Crippen LogP contribution in [0.1, 0.15) is 52.0 Å². The lowest BCUT2D eigenvalue weighted by Crippen LogP contribution is -2.46. The minimum Gasteiger partial charge on any atom is -0.497 e. The molecule has 1 heterocycles. The van der Waals surface area contributed by atoms with Crippen LogP contribution in [0.2, 0.25) is 0 Å². The Morgan fingerprint density at radius 3 is 2.36 bits per heavy atom. The molecule has 2 atom stereocenters. The first kappa shape index (κ1) is 16.7. The minimum atomic E-state index is -0.441. The number of methoxy groups -OCH3 is 1. The fraction of sp³-hybridized carbons (Fsp3) is 0.611. The topological polar surface area (TPSA) is 38.8 Å². The summed E-state index contributed by atoms with van der Waals surface area (Å²) >= 11 is 0. The molecule has 0 radical (unpaired) electrons. The number of hydrogen-bond acceptors (Lipinski definition) is 3. The Kier molecular flexibility index (Phi) is 4.99. The van der Waals surface area contributed by atoms with Crippen molar-refractivity contribution in [2.45, 2.75) is 58.1 Å². The normalized spacial score (nSPS) is 22.3. The minimum absolute atomic E-state index is 0.190. The molecule has 1 amide bonds. The van der Waals surface area contributed by atoms with Gasteiger partial charge in [-0.1, -0.05) is 12.1 Å². The number of hydrogen-bond donors (Lipinski definition) is 0. The van der Waals surface area contributed by atoms with Gasteiger partial charge < -0.3 is 14.4 Å². The SMILES string of the molecule is COc1ccc(C2CCN(C(=O)OC(C)(C)C)C(C)C2)cc1. The number of piperidine rings is 1. The molecule has 2 unspecified atom stereocenters. The summed E-state index contributed by atoms with van der Waals surface area (Å²) in [5, 5.41) is 0. The van der Waals surface area contributed by atoms with Crippen molar-refractivity contribution in [2.75, 3.05) is 13.7 Å². The molecule has 0 saturated carbocycles. The van der Waals surface area contributed by atoms with Crippen LogP contribution in [-0.4, -0.2) is 36.3 Å². The highest BCUT2D eigenvalue weighted by Gasteiger charge is 2.32. The lowest BCUT2D eigenvalue weighted by Gasteiger charge is -2.38. The van der Waals surface area contributed by atoms with Gasteiger partial charge in [-0.05, 0) is 64.2 Å². The standard InChI is InChI=1S/C18H27NO3/c1-13-12-15(14-6-8-16(21-5)9-7-14)10-11-19(13)17(20)22-18(2,3)4/h6-9,13,15H,10-12H2,1-5H3. The average molecular weight is 305 g/mol. The number of amides is 1. The van der Waals surface area contributed by atoms with Gasteiger partial charge in [0, 0.05) is 12.6 Å². The molecule has 0 spiro atoms. The number of likely N-dealkylation sites (tertiary alicyclic amines) is 1. The van der Waals surface area contributed by atoms with Crippen molar-refractivity contribution in [1.82, 2.24) is 4.90 Å². The Bertz CT molecular complexity index is 504. The first-order valence-corrected chi connectivity index (χ1v) is 7.93. The quantitative estimate of drug-likeness (QED) is 0.822. The number of rotatable bonds is 2. The van der Waals surface area contributed by atoms with Crippen molar-refractivity contribution in [2.24, 2.45) is 0 Å². The zero-order chi connectivity index (χ0) is 16.3. The third-order valence-electron chi connectivity index (χ3n) is 4.09. The highest BCUT2D eigenvalue weighted by Crippen LogP contribution is 2.33. The third kappa shape index (κ3) is 4.15. The lowest BCUT2D eigenvalue weighted by atomic mass is 9.86. The fourth-order valence-corrected chi connectivity index (χ4v) is 2.94. The van der Waals surface area contributed by atoms with Crippen LogP contribution in [0.15, 0.2) is 24.3 Å². The van der Waals surface area contributed by atoms with Crippen LogP contribution < -0.4 is 4.74 Å². The molecular formula is C18H27NO3. The average Bonchev–Trinajstić information content (AvgIpc) is 2.45. The molecule has 122 valence electrons. The first-order chi connectivity index (χ1) is 10.3. The van der Waals surface area contributed by atoms with Crippen molar-refractivity contribution in [3.8, 4) is 5.75 Å². The van der Waals surface area contributed by atoms with E-state index in [0.29, 0.717) is 5.92 Å². The van der Waals surface area contributed by atoms with Crippen molar-refractivity contribution >= 4 is 6.09 Å². The summed E-state index contributed by atoms with van der Waals surface area (Å²) in [5.41, 5.74) is 0.875. The van der Waals surface area contributed by atoms with Crippen LogP contribution in [-0.2, 0) is 4.74 Å². The highest BCUT2D eigenvalue weighted by molar-refractivity contribution is 5.68. The predicted molar refractivity (Wildman–Crippen MR) is 87.4 cm³/mol. The molecule has 4 nitrogen and oxygen atoms in total. The van der Waals surface area contributed by atoms with Crippen LogP contribution in [0.4, 0.5) is 4.79 Å². The van der Waals surface area contributed by atoms with Crippen LogP contribution in [0, 0.1) is 0 Å². The molecule has 0 aromatic heterocycles. The van der Waals surface area contributed by atoms with Crippen molar-refractivity contribution in [1.29, 1.82) is 0 Å². The van der Waals surface area contributed by atoms with Gasteiger partial charge >= 0.3 is 6.09 Å². The number of ether oxygens (including phenoxy) is 2. The van der Waals surface area contributed by atoms with Crippen molar-refractivity contribution < 1.29 is 14.3 Å². The largest absolute Gasteiger partial charge is 0.497 e. The maximum absolute atomic E-state index is 12.2. The van der Waals surface area contributed by atoms with Gasteiger partial charge in [-0.15, -0.1) is 0 Å². The van der Waals surface area contributed by atoms with E-state index in [1.807, 2.05) is 37.8 Å². The fourth-order valence-electron chi connectivity index (χ4n) is 2.94. The Hall–Kier alpha value is -1.71. The second-order valence-corrected chi connectivity index (χ2v) is 7.02. The molecule has 2 rings (SSSR count). The summed E-state index contributed by atoms with van der Waals surface area (Å²) in [7, 11) is 1.68. The smallest absolute Gasteiger partial charge is 0.410 e. The Morgan fingerprint density at radius 1 is 1.23 bits per heavy atom. The summed E-state index contributed by atoms with van der Waals surface area (Å²) in [4.78, 5) is 14.1. The van der Waals surface area contributed by atoms with E-state index >= 15 is 0 Å².